The molecule has 8 heteroatoms. The van der Waals surface area contributed by atoms with Gasteiger partial charge in [-0.25, -0.2) is 14.4 Å². The molecule has 4 rings (SSSR count). The Kier molecular flexibility index (Phi) is 6.71. The van der Waals surface area contributed by atoms with E-state index in [1.165, 1.54) is 24.6 Å². The number of halogens is 1. The summed E-state index contributed by atoms with van der Waals surface area (Å²) in [5.41, 5.74) is 2.86. The maximum absolute atomic E-state index is 13.5. The van der Waals surface area contributed by atoms with E-state index in [2.05, 4.69) is 26.7 Å². The third-order valence-corrected chi connectivity index (χ3v) is 4.94. The van der Waals surface area contributed by atoms with Crippen LogP contribution in [0.3, 0.4) is 0 Å². The first-order valence-corrected chi connectivity index (χ1v) is 10.3. The Bertz CT molecular complexity index is 1300. The van der Waals surface area contributed by atoms with Crippen LogP contribution in [0.1, 0.15) is 27.4 Å². The lowest BCUT2D eigenvalue weighted by molar-refractivity contribution is 0.0948. The first-order chi connectivity index (χ1) is 16.1. The number of rotatable bonds is 8. The standard InChI is InChI=1S/C25H20FN5O2/c26-19-6-3-4-17(14-19)10-11-29-24-21(25(32)30-16-23-28-12-13-33-23)8-9-22(31-24)20-7-2-1-5-18(20)15-27/h1-9,12-14H,10-11,16H2,(H,29,31)(H,30,32). The number of hydrogen-bond acceptors (Lipinski definition) is 6. The van der Waals surface area contributed by atoms with E-state index < -0.39 is 0 Å². The number of nitriles is 1. The number of oxazole rings is 1. The minimum Gasteiger partial charge on any atom is -0.447 e. The van der Waals surface area contributed by atoms with Crippen LogP contribution in [0.25, 0.3) is 11.3 Å². The van der Waals surface area contributed by atoms with Gasteiger partial charge in [0, 0.05) is 12.1 Å². The van der Waals surface area contributed by atoms with E-state index in [4.69, 9.17) is 4.42 Å². The lowest BCUT2D eigenvalue weighted by Crippen LogP contribution is -2.25. The van der Waals surface area contributed by atoms with Crippen molar-refractivity contribution in [2.45, 2.75) is 13.0 Å². The molecule has 0 saturated carbocycles. The van der Waals surface area contributed by atoms with Crippen molar-refractivity contribution in [1.82, 2.24) is 15.3 Å². The fraction of sp³-hybridized carbons (Fsp3) is 0.120. The Morgan fingerprint density at radius 1 is 1.12 bits per heavy atom. The topological polar surface area (TPSA) is 104 Å². The Labute approximate surface area is 189 Å². The fourth-order valence-corrected chi connectivity index (χ4v) is 3.34. The quantitative estimate of drug-likeness (QED) is 0.422. The molecule has 0 fully saturated rings. The number of benzene rings is 2. The molecule has 0 atom stereocenters. The number of nitrogens with zero attached hydrogens (tertiary/aromatic N) is 3. The van der Waals surface area contributed by atoms with Crippen molar-refractivity contribution < 1.29 is 13.6 Å². The molecule has 0 saturated heterocycles. The van der Waals surface area contributed by atoms with Gasteiger partial charge in [0.15, 0.2) is 0 Å². The number of aromatic nitrogens is 2. The van der Waals surface area contributed by atoms with E-state index in [1.54, 1.807) is 36.4 Å². The van der Waals surface area contributed by atoms with Crippen LogP contribution in [-0.2, 0) is 13.0 Å². The molecule has 0 aliphatic heterocycles. The Morgan fingerprint density at radius 2 is 2.00 bits per heavy atom. The van der Waals surface area contributed by atoms with Gasteiger partial charge >= 0.3 is 0 Å². The minimum atomic E-state index is -0.353. The second-order valence-electron chi connectivity index (χ2n) is 7.17. The molecule has 7 nitrogen and oxygen atoms in total. The number of carbonyl (C=O) groups is 1. The van der Waals surface area contributed by atoms with Crippen LogP contribution in [-0.4, -0.2) is 22.4 Å². The number of hydrogen-bond donors (Lipinski definition) is 2. The van der Waals surface area contributed by atoms with Gasteiger partial charge in [0.05, 0.1) is 35.6 Å². The maximum Gasteiger partial charge on any atom is 0.255 e. The van der Waals surface area contributed by atoms with Crippen LogP contribution in [0.2, 0.25) is 0 Å². The van der Waals surface area contributed by atoms with Gasteiger partial charge in [-0.3, -0.25) is 4.79 Å². The predicted molar refractivity (Wildman–Crippen MR) is 121 cm³/mol. The fourth-order valence-electron chi connectivity index (χ4n) is 3.34. The number of anilines is 1. The lowest BCUT2D eigenvalue weighted by atomic mass is 10.0. The second kappa shape index (κ2) is 10.2. The SMILES string of the molecule is N#Cc1ccccc1-c1ccc(C(=O)NCc2ncco2)c(NCCc2cccc(F)c2)n1. The number of pyridine rings is 1. The average Bonchev–Trinajstić information content (AvgIpc) is 3.36. The van der Waals surface area contributed by atoms with E-state index in [0.717, 1.165) is 5.56 Å². The van der Waals surface area contributed by atoms with Crippen LogP contribution in [0.5, 0.6) is 0 Å². The third-order valence-electron chi connectivity index (χ3n) is 4.94. The lowest BCUT2D eigenvalue weighted by Gasteiger charge is -2.13. The summed E-state index contributed by atoms with van der Waals surface area (Å²) >= 11 is 0. The van der Waals surface area contributed by atoms with Gasteiger partial charge in [-0.2, -0.15) is 5.26 Å². The number of amides is 1. The highest BCUT2D eigenvalue weighted by atomic mass is 19.1. The van der Waals surface area contributed by atoms with Gasteiger partial charge in [-0.05, 0) is 42.3 Å². The molecule has 164 valence electrons. The zero-order valence-corrected chi connectivity index (χ0v) is 17.6. The van der Waals surface area contributed by atoms with E-state index in [9.17, 15) is 14.4 Å². The molecule has 2 heterocycles. The van der Waals surface area contributed by atoms with Crippen molar-refractivity contribution in [3.63, 3.8) is 0 Å². The van der Waals surface area contributed by atoms with Crippen LogP contribution < -0.4 is 10.6 Å². The normalized spacial score (nSPS) is 10.4. The van der Waals surface area contributed by atoms with Crippen molar-refractivity contribution >= 4 is 11.7 Å². The van der Waals surface area contributed by atoms with Crippen LogP contribution >= 0.6 is 0 Å². The number of nitrogens with one attached hydrogen (secondary N) is 2. The van der Waals surface area contributed by atoms with E-state index >= 15 is 0 Å². The first-order valence-electron chi connectivity index (χ1n) is 10.3. The first kappa shape index (κ1) is 21.7. The molecule has 0 unspecified atom stereocenters. The number of carbonyl (C=O) groups excluding carboxylic acids is 1. The molecule has 0 bridgehead atoms. The Morgan fingerprint density at radius 3 is 2.79 bits per heavy atom. The Hall–Kier alpha value is -4.51. The summed E-state index contributed by atoms with van der Waals surface area (Å²) in [5.74, 6) is 0.0967. The molecule has 0 aliphatic carbocycles. The molecule has 4 aromatic rings. The van der Waals surface area contributed by atoms with Crippen molar-refractivity contribution in [2.75, 3.05) is 11.9 Å². The van der Waals surface area contributed by atoms with Crippen molar-refractivity contribution in [3.05, 3.63) is 102 Å². The molecular formula is C25H20FN5O2. The third kappa shape index (κ3) is 5.40. The summed E-state index contributed by atoms with van der Waals surface area (Å²) in [6.07, 6.45) is 3.48. The smallest absolute Gasteiger partial charge is 0.255 e. The molecule has 2 aromatic heterocycles. The van der Waals surface area contributed by atoms with Crippen molar-refractivity contribution in [3.8, 4) is 17.3 Å². The largest absolute Gasteiger partial charge is 0.447 e. The second-order valence-corrected chi connectivity index (χ2v) is 7.17. The zero-order chi connectivity index (χ0) is 23.0. The van der Waals surface area contributed by atoms with Gasteiger partial charge in [0.1, 0.15) is 17.9 Å². The molecule has 2 aromatic carbocycles. The highest BCUT2D eigenvalue weighted by molar-refractivity contribution is 5.99. The van der Waals surface area contributed by atoms with E-state index in [1.807, 2.05) is 12.1 Å². The highest BCUT2D eigenvalue weighted by Crippen LogP contribution is 2.25. The maximum atomic E-state index is 13.5. The molecule has 1 amide bonds. The molecule has 0 spiro atoms. The molecular weight excluding hydrogens is 421 g/mol. The van der Waals surface area contributed by atoms with Gasteiger partial charge in [-0.15, -0.1) is 0 Å². The van der Waals surface area contributed by atoms with Crippen molar-refractivity contribution in [1.29, 1.82) is 5.26 Å². The van der Waals surface area contributed by atoms with Crippen LogP contribution in [0, 0.1) is 17.1 Å². The summed E-state index contributed by atoms with van der Waals surface area (Å²) in [6.45, 7) is 0.563. The molecule has 0 radical (unpaired) electrons. The average molecular weight is 441 g/mol. The summed E-state index contributed by atoms with van der Waals surface area (Å²) < 4.78 is 18.6. The van der Waals surface area contributed by atoms with Gasteiger partial charge in [0.2, 0.25) is 5.89 Å². The Balaban J connectivity index is 1.58. The summed E-state index contributed by atoms with van der Waals surface area (Å²) in [7, 11) is 0. The molecule has 0 aliphatic rings. The van der Waals surface area contributed by atoms with Gasteiger partial charge < -0.3 is 15.1 Å². The van der Waals surface area contributed by atoms with Crippen LogP contribution in [0.4, 0.5) is 10.2 Å². The van der Waals surface area contributed by atoms with E-state index in [-0.39, 0.29) is 18.3 Å². The van der Waals surface area contributed by atoms with Gasteiger partial charge in [-0.1, -0.05) is 30.3 Å². The molecule has 33 heavy (non-hydrogen) atoms. The summed E-state index contributed by atoms with van der Waals surface area (Å²) in [4.78, 5) is 21.5. The summed E-state index contributed by atoms with van der Waals surface area (Å²) in [5, 5.41) is 15.4. The van der Waals surface area contributed by atoms with E-state index in [0.29, 0.717) is 47.1 Å². The van der Waals surface area contributed by atoms with Crippen molar-refractivity contribution in [2.24, 2.45) is 0 Å². The monoisotopic (exact) mass is 441 g/mol. The zero-order valence-electron chi connectivity index (χ0n) is 17.6. The predicted octanol–water partition coefficient (Wildman–Crippen LogP) is 4.33. The highest BCUT2D eigenvalue weighted by Gasteiger charge is 2.16. The minimum absolute atomic E-state index is 0.133. The van der Waals surface area contributed by atoms with Crippen LogP contribution in [0.15, 0.2) is 77.5 Å². The molecule has 2 N–H and O–H groups in total. The van der Waals surface area contributed by atoms with Gasteiger partial charge in [0.25, 0.3) is 5.91 Å². The summed E-state index contributed by atoms with van der Waals surface area (Å²) in [6, 6.07) is 19.0.